The van der Waals surface area contributed by atoms with Gasteiger partial charge in [-0.2, -0.15) is 5.10 Å². The van der Waals surface area contributed by atoms with Crippen LogP contribution >= 0.6 is 0 Å². The van der Waals surface area contributed by atoms with E-state index in [0.29, 0.717) is 47.1 Å². The molecule has 2 aromatic rings. The molecule has 1 aliphatic heterocycles. The van der Waals surface area contributed by atoms with E-state index in [1.165, 1.54) is 7.11 Å². The van der Waals surface area contributed by atoms with Crippen molar-refractivity contribution in [2.24, 2.45) is 12.2 Å². The average Bonchev–Trinajstić information content (AvgIpc) is 2.94. The second kappa shape index (κ2) is 6.46. The topological polar surface area (TPSA) is 89.2 Å². The van der Waals surface area contributed by atoms with Gasteiger partial charge in [0.15, 0.2) is 11.5 Å². The van der Waals surface area contributed by atoms with Crippen LogP contribution in [0.15, 0.2) is 23.4 Å². The maximum absolute atomic E-state index is 13.1. The number of carbonyl (C=O) groups is 1. The number of anilines is 1. The Morgan fingerprint density at radius 3 is 2.64 bits per heavy atom. The molecule has 25 heavy (non-hydrogen) atoms. The number of benzene rings is 1. The van der Waals surface area contributed by atoms with E-state index in [0.717, 1.165) is 5.69 Å². The molecule has 0 fully saturated rings. The lowest BCUT2D eigenvalue weighted by molar-refractivity contribution is 0.0985. The molecule has 0 saturated heterocycles. The van der Waals surface area contributed by atoms with Crippen molar-refractivity contribution >= 4 is 17.4 Å². The maximum atomic E-state index is 13.1. The highest BCUT2D eigenvalue weighted by atomic mass is 16.5. The first-order chi connectivity index (χ1) is 12.0. The van der Waals surface area contributed by atoms with Crippen molar-refractivity contribution in [3.05, 3.63) is 35.0 Å². The van der Waals surface area contributed by atoms with Crippen molar-refractivity contribution < 1.29 is 19.5 Å². The molecule has 0 atom stereocenters. The summed E-state index contributed by atoms with van der Waals surface area (Å²) in [5.74, 6) is 1.49. The monoisotopic (exact) mass is 344 g/mol. The summed E-state index contributed by atoms with van der Waals surface area (Å²) in [5.41, 5.74) is 2.43. The summed E-state index contributed by atoms with van der Waals surface area (Å²) >= 11 is 0. The number of hydrogen-bond acceptors (Lipinski definition) is 6. The molecule has 1 aromatic carbocycles. The first-order valence-electron chi connectivity index (χ1n) is 7.80. The zero-order chi connectivity index (χ0) is 18.1. The van der Waals surface area contributed by atoms with Gasteiger partial charge >= 0.3 is 0 Å². The van der Waals surface area contributed by atoms with Crippen molar-refractivity contribution in [3.8, 4) is 11.5 Å². The standard InChI is InChI=1S/C17H20N4O4/c1-10-15-12(19-23)7-8-21(16(15)20(2)18-10)17(22)11-5-6-13(24-3)14(9-11)25-4/h5-6,9,23H,7-8H2,1-4H3. The Hall–Kier alpha value is -3.03. The summed E-state index contributed by atoms with van der Waals surface area (Å²) in [6.07, 6.45) is 0.453. The maximum Gasteiger partial charge on any atom is 0.259 e. The van der Waals surface area contributed by atoms with E-state index in [1.54, 1.807) is 41.9 Å². The fourth-order valence-electron chi connectivity index (χ4n) is 3.16. The quantitative estimate of drug-likeness (QED) is 0.679. The Bertz CT molecular complexity index is 857. The molecule has 1 aliphatic rings. The molecule has 8 nitrogen and oxygen atoms in total. The van der Waals surface area contributed by atoms with Gasteiger partial charge in [0.2, 0.25) is 0 Å². The van der Waals surface area contributed by atoms with Gasteiger partial charge in [0, 0.05) is 25.6 Å². The fourth-order valence-corrected chi connectivity index (χ4v) is 3.16. The number of methoxy groups -OCH3 is 2. The minimum atomic E-state index is -0.179. The molecule has 2 heterocycles. The third-order valence-electron chi connectivity index (χ3n) is 4.30. The average molecular weight is 344 g/mol. The number of aryl methyl sites for hydroxylation is 2. The summed E-state index contributed by atoms with van der Waals surface area (Å²) in [7, 11) is 4.84. The van der Waals surface area contributed by atoms with Gasteiger partial charge in [-0.3, -0.25) is 14.4 Å². The van der Waals surface area contributed by atoms with Crippen LogP contribution in [0.2, 0.25) is 0 Å². The van der Waals surface area contributed by atoms with Gasteiger partial charge in [-0.1, -0.05) is 5.16 Å². The molecule has 132 valence electrons. The lowest BCUT2D eigenvalue weighted by atomic mass is 10.0. The predicted molar refractivity (Wildman–Crippen MR) is 92.1 cm³/mol. The molecule has 0 bridgehead atoms. The van der Waals surface area contributed by atoms with Crippen LogP contribution in [0.25, 0.3) is 0 Å². The zero-order valence-electron chi connectivity index (χ0n) is 14.6. The number of carbonyl (C=O) groups excluding carboxylic acids is 1. The number of fused-ring (bicyclic) bond motifs is 1. The van der Waals surface area contributed by atoms with Gasteiger partial charge in [-0.25, -0.2) is 0 Å². The van der Waals surface area contributed by atoms with Gasteiger partial charge in [0.25, 0.3) is 5.91 Å². The number of oxime groups is 1. The molecule has 0 aliphatic carbocycles. The Morgan fingerprint density at radius 2 is 2.00 bits per heavy atom. The second-order valence-corrected chi connectivity index (χ2v) is 5.73. The number of rotatable bonds is 3. The molecule has 1 aromatic heterocycles. The molecular weight excluding hydrogens is 324 g/mol. The van der Waals surface area contributed by atoms with Crippen molar-refractivity contribution in [2.75, 3.05) is 25.7 Å². The first-order valence-corrected chi connectivity index (χ1v) is 7.80. The van der Waals surface area contributed by atoms with Crippen LogP contribution in [-0.4, -0.2) is 47.4 Å². The van der Waals surface area contributed by atoms with Gasteiger partial charge in [0.05, 0.1) is 31.2 Å². The zero-order valence-corrected chi connectivity index (χ0v) is 14.6. The molecule has 0 saturated carbocycles. The molecule has 3 rings (SSSR count). The van der Waals surface area contributed by atoms with E-state index in [4.69, 9.17) is 9.47 Å². The minimum Gasteiger partial charge on any atom is -0.493 e. The van der Waals surface area contributed by atoms with E-state index in [1.807, 2.05) is 6.92 Å². The van der Waals surface area contributed by atoms with Crippen LogP contribution in [0.5, 0.6) is 11.5 Å². The third kappa shape index (κ3) is 2.69. The predicted octanol–water partition coefficient (Wildman–Crippen LogP) is 1.97. The molecule has 1 N–H and O–H groups in total. The van der Waals surface area contributed by atoms with Crippen LogP contribution in [0.4, 0.5) is 5.82 Å². The minimum absolute atomic E-state index is 0.179. The van der Waals surface area contributed by atoms with Gasteiger partial charge in [-0.15, -0.1) is 0 Å². The third-order valence-corrected chi connectivity index (χ3v) is 4.30. The smallest absolute Gasteiger partial charge is 0.259 e. The van der Waals surface area contributed by atoms with Crippen LogP contribution in [-0.2, 0) is 7.05 Å². The molecule has 0 unspecified atom stereocenters. The molecular formula is C17H20N4O4. The van der Waals surface area contributed by atoms with Gasteiger partial charge < -0.3 is 14.7 Å². The van der Waals surface area contributed by atoms with E-state index in [2.05, 4.69) is 10.3 Å². The molecule has 0 spiro atoms. The normalized spacial score (nSPS) is 15.2. The van der Waals surface area contributed by atoms with Crippen LogP contribution in [0.1, 0.15) is 28.0 Å². The largest absolute Gasteiger partial charge is 0.493 e. The van der Waals surface area contributed by atoms with Gasteiger partial charge in [-0.05, 0) is 25.1 Å². The molecule has 0 radical (unpaired) electrons. The Balaban J connectivity index is 2.05. The molecule has 8 heteroatoms. The number of nitrogens with zero attached hydrogens (tertiary/aromatic N) is 4. The summed E-state index contributed by atoms with van der Waals surface area (Å²) in [6.45, 7) is 2.23. The summed E-state index contributed by atoms with van der Waals surface area (Å²) in [5, 5.41) is 17.0. The van der Waals surface area contributed by atoms with Crippen LogP contribution in [0.3, 0.4) is 0 Å². The van der Waals surface area contributed by atoms with Crippen molar-refractivity contribution in [1.82, 2.24) is 9.78 Å². The van der Waals surface area contributed by atoms with Crippen LogP contribution in [0, 0.1) is 6.92 Å². The van der Waals surface area contributed by atoms with E-state index >= 15 is 0 Å². The highest BCUT2D eigenvalue weighted by molar-refractivity contribution is 6.14. The summed E-state index contributed by atoms with van der Waals surface area (Å²) < 4.78 is 12.1. The Morgan fingerprint density at radius 1 is 1.28 bits per heavy atom. The summed E-state index contributed by atoms with van der Waals surface area (Å²) in [4.78, 5) is 14.7. The number of aromatic nitrogens is 2. The number of hydrogen-bond donors (Lipinski definition) is 1. The Kier molecular flexibility index (Phi) is 4.35. The van der Waals surface area contributed by atoms with Crippen molar-refractivity contribution in [1.29, 1.82) is 0 Å². The van der Waals surface area contributed by atoms with Gasteiger partial charge in [0.1, 0.15) is 5.82 Å². The summed E-state index contributed by atoms with van der Waals surface area (Å²) in [6, 6.07) is 5.05. The van der Waals surface area contributed by atoms with Crippen LogP contribution < -0.4 is 14.4 Å². The lowest BCUT2D eigenvalue weighted by Crippen LogP contribution is -2.38. The van der Waals surface area contributed by atoms with Crippen molar-refractivity contribution in [3.63, 3.8) is 0 Å². The lowest BCUT2D eigenvalue weighted by Gasteiger charge is -2.28. The second-order valence-electron chi connectivity index (χ2n) is 5.73. The highest BCUT2D eigenvalue weighted by Crippen LogP contribution is 2.33. The van der Waals surface area contributed by atoms with E-state index in [9.17, 15) is 10.0 Å². The number of ether oxygens (including phenoxy) is 2. The highest BCUT2D eigenvalue weighted by Gasteiger charge is 2.32. The fraction of sp³-hybridized carbons (Fsp3) is 0.353. The van der Waals surface area contributed by atoms with E-state index < -0.39 is 0 Å². The molecule has 1 amide bonds. The number of amides is 1. The Labute approximate surface area is 145 Å². The first kappa shape index (κ1) is 16.8. The van der Waals surface area contributed by atoms with Crippen molar-refractivity contribution in [2.45, 2.75) is 13.3 Å². The van der Waals surface area contributed by atoms with E-state index in [-0.39, 0.29) is 5.91 Å². The SMILES string of the molecule is COc1ccc(C(=O)N2CCC(=NO)c3c(C)nn(C)c32)cc1OC.